The van der Waals surface area contributed by atoms with Gasteiger partial charge in [0, 0.05) is 18.2 Å². The van der Waals surface area contributed by atoms with E-state index in [4.69, 9.17) is 5.73 Å². The van der Waals surface area contributed by atoms with Gasteiger partial charge in [0.05, 0.1) is 13.0 Å². The van der Waals surface area contributed by atoms with E-state index in [1.54, 1.807) is 0 Å². The maximum atomic E-state index is 13.3. The Morgan fingerprint density at radius 3 is 2.67 bits per heavy atom. The lowest BCUT2D eigenvalue weighted by molar-refractivity contribution is -0.142. The average molecular weight is 215 g/mol. The van der Waals surface area contributed by atoms with Crippen molar-refractivity contribution < 1.29 is 18.3 Å². The van der Waals surface area contributed by atoms with Crippen molar-refractivity contribution in [3.63, 3.8) is 0 Å². The molecule has 0 amide bonds. The van der Waals surface area contributed by atoms with E-state index in [1.807, 2.05) is 0 Å². The molecule has 1 aromatic carbocycles. The standard InChI is InChI=1S/C10H11F2NO2/c1-15-10(14)8(5-13)7-3-2-6(11)4-9(7)12/h2-4,8H,5,13H2,1H3. The SMILES string of the molecule is COC(=O)C(CN)c1ccc(F)cc1F. The Bertz CT molecular complexity index is 368. The first-order valence-corrected chi connectivity index (χ1v) is 4.33. The molecule has 2 N–H and O–H groups in total. The molecule has 1 atom stereocenters. The van der Waals surface area contributed by atoms with E-state index >= 15 is 0 Å². The number of esters is 1. The van der Waals surface area contributed by atoms with Gasteiger partial charge in [0.2, 0.25) is 0 Å². The Labute approximate surface area is 85.8 Å². The second kappa shape index (κ2) is 4.84. The first kappa shape index (κ1) is 11.6. The highest BCUT2D eigenvalue weighted by molar-refractivity contribution is 5.78. The number of carbonyl (C=O) groups excluding carboxylic acids is 1. The first-order chi connectivity index (χ1) is 7.10. The van der Waals surface area contributed by atoms with Crippen LogP contribution in [0.3, 0.4) is 0 Å². The smallest absolute Gasteiger partial charge is 0.314 e. The molecule has 3 nitrogen and oxygen atoms in total. The average Bonchev–Trinajstić information content (AvgIpc) is 2.21. The highest BCUT2D eigenvalue weighted by Gasteiger charge is 2.23. The fourth-order valence-electron chi connectivity index (χ4n) is 1.28. The van der Waals surface area contributed by atoms with Crippen LogP contribution in [-0.4, -0.2) is 19.6 Å². The third-order valence-electron chi connectivity index (χ3n) is 2.06. The summed E-state index contributed by atoms with van der Waals surface area (Å²) in [6.45, 7) is -0.0881. The van der Waals surface area contributed by atoms with Gasteiger partial charge in [0.25, 0.3) is 0 Å². The van der Waals surface area contributed by atoms with Crippen LogP contribution >= 0.6 is 0 Å². The summed E-state index contributed by atoms with van der Waals surface area (Å²) in [5, 5.41) is 0. The van der Waals surface area contributed by atoms with Gasteiger partial charge in [-0.05, 0) is 6.07 Å². The number of hydrogen-bond donors (Lipinski definition) is 1. The summed E-state index contributed by atoms with van der Waals surface area (Å²) in [4.78, 5) is 11.2. The van der Waals surface area contributed by atoms with Gasteiger partial charge in [0.1, 0.15) is 11.6 Å². The monoisotopic (exact) mass is 215 g/mol. The third kappa shape index (κ3) is 2.50. The predicted octanol–water partition coefficient (Wildman–Crippen LogP) is 1.18. The predicted molar refractivity (Wildman–Crippen MR) is 50.2 cm³/mol. The van der Waals surface area contributed by atoms with Crippen molar-refractivity contribution in [1.82, 2.24) is 0 Å². The van der Waals surface area contributed by atoms with Gasteiger partial charge >= 0.3 is 5.97 Å². The Morgan fingerprint density at radius 2 is 2.20 bits per heavy atom. The molecule has 0 aliphatic rings. The van der Waals surface area contributed by atoms with Crippen LogP contribution in [0.2, 0.25) is 0 Å². The largest absolute Gasteiger partial charge is 0.469 e. The molecule has 5 heteroatoms. The van der Waals surface area contributed by atoms with Gasteiger partial charge in [0.15, 0.2) is 0 Å². The zero-order valence-electron chi connectivity index (χ0n) is 8.17. The quantitative estimate of drug-likeness (QED) is 0.770. The number of halogens is 2. The molecule has 0 spiro atoms. The molecule has 0 fully saturated rings. The van der Waals surface area contributed by atoms with E-state index in [9.17, 15) is 13.6 Å². The summed E-state index contributed by atoms with van der Waals surface area (Å²) < 4.78 is 30.4. The van der Waals surface area contributed by atoms with Crippen molar-refractivity contribution in [2.24, 2.45) is 5.73 Å². The Kier molecular flexibility index (Phi) is 3.74. The maximum Gasteiger partial charge on any atom is 0.314 e. The fourth-order valence-corrected chi connectivity index (χ4v) is 1.28. The van der Waals surface area contributed by atoms with Crippen molar-refractivity contribution >= 4 is 5.97 Å². The van der Waals surface area contributed by atoms with Gasteiger partial charge < -0.3 is 10.5 Å². The van der Waals surface area contributed by atoms with Crippen LogP contribution in [0, 0.1) is 11.6 Å². The second-order valence-corrected chi connectivity index (χ2v) is 2.98. The Hall–Kier alpha value is -1.49. The van der Waals surface area contributed by atoms with Crippen LogP contribution in [-0.2, 0) is 9.53 Å². The minimum Gasteiger partial charge on any atom is -0.469 e. The molecule has 0 heterocycles. The summed E-state index contributed by atoms with van der Waals surface area (Å²) in [5.41, 5.74) is 5.37. The van der Waals surface area contributed by atoms with E-state index in [0.29, 0.717) is 6.07 Å². The molecule has 1 aromatic rings. The molecule has 1 unspecified atom stereocenters. The van der Waals surface area contributed by atoms with Gasteiger partial charge in [-0.1, -0.05) is 6.07 Å². The van der Waals surface area contributed by atoms with Crippen LogP contribution < -0.4 is 5.73 Å². The van der Waals surface area contributed by atoms with Crippen molar-refractivity contribution in [3.05, 3.63) is 35.4 Å². The molecule has 0 aliphatic carbocycles. The highest BCUT2D eigenvalue weighted by Crippen LogP contribution is 2.20. The summed E-state index contributed by atoms with van der Waals surface area (Å²) in [5.74, 6) is -3.02. The van der Waals surface area contributed by atoms with E-state index in [-0.39, 0.29) is 12.1 Å². The minimum absolute atomic E-state index is 0.0470. The molecule has 0 saturated carbocycles. The molecule has 0 saturated heterocycles. The number of hydrogen-bond acceptors (Lipinski definition) is 3. The number of carbonyl (C=O) groups is 1. The lowest BCUT2D eigenvalue weighted by Gasteiger charge is -2.13. The molecule has 0 aromatic heterocycles. The summed E-state index contributed by atoms with van der Waals surface area (Å²) in [6.07, 6.45) is 0. The maximum absolute atomic E-state index is 13.3. The molecule has 0 bridgehead atoms. The fraction of sp³-hybridized carbons (Fsp3) is 0.300. The number of rotatable bonds is 3. The summed E-state index contributed by atoms with van der Waals surface area (Å²) in [7, 11) is 1.19. The molecule has 1 rings (SSSR count). The van der Waals surface area contributed by atoms with Crippen LogP contribution in [0.25, 0.3) is 0 Å². The van der Waals surface area contributed by atoms with Crippen molar-refractivity contribution in [3.8, 4) is 0 Å². The van der Waals surface area contributed by atoms with Crippen molar-refractivity contribution in [2.75, 3.05) is 13.7 Å². The van der Waals surface area contributed by atoms with Crippen molar-refractivity contribution in [1.29, 1.82) is 0 Å². The number of nitrogens with two attached hydrogens (primary N) is 1. The lowest BCUT2D eigenvalue weighted by Crippen LogP contribution is -2.23. The molecular formula is C10H11F2NO2. The topological polar surface area (TPSA) is 52.3 Å². The zero-order chi connectivity index (χ0) is 11.4. The minimum atomic E-state index is -0.893. The molecule has 15 heavy (non-hydrogen) atoms. The van der Waals surface area contributed by atoms with Crippen molar-refractivity contribution in [2.45, 2.75) is 5.92 Å². The highest BCUT2D eigenvalue weighted by atomic mass is 19.1. The Morgan fingerprint density at radius 1 is 1.53 bits per heavy atom. The second-order valence-electron chi connectivity index (χ2n) is 2.98. The van der Waals surface area contributed by atoms with Crippen LogP contribution in [0.5, 0.6) is 0 Å². The van der Waals surface area contributed by atoms with Crippen LogP contribution in [0.15, 0.2) is 18.2 Å². The first-order valence-electron chi connectivity index (χ1n) is 4.33. The summed E-state index contributed by atoms with van der Waals surface area (Å²) in [6, 6.07) is 2.98. The van der Waals surface area contributed by atoms with E-state index in [1.165, 1.54) is 13.2 Å². The normalized spacial score (nSPS) is 12.3. The zero-order valence-corrected chi connectivity index (χ0v) is 8.17. The lowest BCUT2D eigenvalue weighted by atomic mass is 9.99. The van der Waals surface area contributed by atoms with Crippen LogP contribution in [0.1, 0.15) is 11.5 Å². The molecule has 0 aliphatic heterocycles. The van der Waals surface area contributed by atoms with E-state index in [0.717, 1.165) is 6.07 Å². The molecular weight excluding hydrogens is 204 g/mol. The number of methoxy groups -OCH3 is 1. The number of ether oxygens (including phenoxy) is 1. The van der Waals surface area contributed by atoms with E-state index < -0.39 is 23.5 Å². The van der Waals surface area contributed by atoms with Gasteiger partial charge in [-0.15, -0.1) is 0 Å². The van der Waals surface area contributed by atoms with Crippen LogP contribution in [0.4, 0.5) is 8.78 Å². The van der Waals surface area contributed by atoms with E-state index in [2.05, 4.69) is 4.74 Å². The van der Waals surface area contributed by atoms with Gasteiger partial charge in [-0.25, -0.2) is 8.78 Å². The molecule has 82 valence electrons. The van der Waals surface area contributed by atoms with Gasteiger partial charge in [-0.3, -0.25) is 4.79 Å². The van der Waals surface area contributed by atoms with Gasteiger partial charge in [-0.2, -0.15) is 0 Å². The summed E-state index contributed by atoms with van der Waals surface area (Å²) >= 11 is 0. The molecule has 0 radical (unpaired) electrons. The third-order valence-corrected chi connectivity index (χ3v) is 2.06. The Balaban J connectivity index is 3.07. The number of benzene rings is 1.